The first kappa shape index (κ1) is 12.9. The molecule has 0 heterocycles. The summed E-state index contributed by atoms with van der Waals surface area (Å²) in [5.74, 6) is -0.202. The zero-order valence-electron chi connectivity index (χ0n) is 10.4. The number of benzene rings is 1. The first-order valence-electron chi connectivity index (χ1n) is 6.18. The molecular formula is C14H19BrFN. The third-order valence-electron chi connectivity index (χ3n) is 3.50. The van der Waals surface area contributed by atoms with Crippen molar-refractivity contribution in [2.75, 3.05) is 5.32 Å². The molecule has 0 radical (unpaired) electrons. The minimum Gasteiger partial charge on any atom is -0.381 e. The van der Waals surface area contributed by atoms with Gasteiger partial charge < -0.3 is 5.32 Å². The molecule has 3 heteroatoms. The van der Waals surface area contributed by atoms with Gasteiger partial charge in [0.25, 0.3) is 0 Å². The van der Waals surface area contributed by atoms with Crippen LogP contribution >= 0.6 is 15.9 Å². The second-order valence-corrected chi connectivity index (χ2v) is 6.58. The van der Waals surface area contributed by atoms with Crippen LogP contribution < -0.4 is 5.32 Å². The van der Waals surface area contributed by atoms with Crippen LogP contribution in [0.25, 0.3) is 0 Å². The average molecular weight is 300 g/mol. The van der Waals surface area contributed by atoms with Crippen LogP contribution in [-0.2, 0) is 0 Å². The van der Waals surface area contributed by atoms with Gasteiger partial charge in [0.15, 0.2) is 0 Å². The van der Waals surface area contributed by atoms with E-state index in [9.17, 15) is 4.39 Å². The molecule has 1 atom stereocenters. The van der Waals surface area contributed by atoms with E-state index in [0.29, 0.717) is 11.5 Å². The second kappa shape index (κ2) is 4.97. The summed E-state index contributed by atoms with van der Waals surface area (Å²) in [5, 5.41) is 3.52. The van der Waals surface area contributed by atoms with Crippen molar-refractivity contribution < 1.29 is 4.39 Å². The number of hydrogen-bond donors (Lipinski definition) is 1. The van der Waals surface area contributed by atoms with E-state index >= 15 is 0 Å². The van der Waals surface area contributed by atoms with Crippen LogP contribution in [0.4, 0.5) is 10.1 Å². The fourth-order valence-electron chi connectivity index (χ4n) is 2.65. The van der Waals surface area contributed by atoms with Gasteiger partial charge in [-0.05, 0) is 58.8 Å². The predicted octanol–water partition coefficient (Wildman–Crippen LogP) is 4.97. The van der Waals surface area contributed by atoms with E-state index in [4.69, 9.17) is 0 Å². The van der Waals surface area contributed by atoms with Crippen molar-refractivity contribution in [1.29, 1.82) is 0 Å². The summed E-state index contributed by atoms with van der Waals surface area (Å²) < 4.78 is 13.8. The van der Waals surface area contributed by atoms with Crippen molar-refractivity contribution in [1.82, 2.24) is 0 Å². The van der Waals surface area contributed by atoms with E-state index in [2.05, 4.69) is 35.1 Å². The van der Waals surface area contributed by atoms with Gasteiger partial charge in [0.2, 0.25) is 0 Å². The summed E-state index contributed by atoms with van der Waals surface area (Å²) in [6, 6.07) is 5.32. The molecule has 0 saturated heterocycles. The number of halogens is 2. The van der Waals surface area contributed by atoms with Gasteiger partial charge in [0.05, 0.1) is 0 Å². The molecule has 1 aliphatic rings. The number of anilines is 1. The lowest BCUT2D eigenvalue weighted by atomic mass is 9.75. The van der Waals surface area contributed by atoms with Gasteiger partial charge in [0, 0.05) is 16.2 Å². The normalized spacial score (nSPS) is 23.4. The number of nitrogens with one attached hydrogen (secondary N) is 1. The molecule has 1 aromatic carbocycles. The lowest BCUT2D eigenvalue weighted by Crippen LogP contribution is -2.31. The molecule has 1 fully saturated rings. The van der Waals surface area contributed by atoms with Crippen molar-refractivity contribution in [3.8, 4) is 0 Å². The quantitative estimate of drug-likeness (QED) is 0.813. The zero-order valence-corrected chi connectivity index (χ0v) is 12.0. The molecule has 0 aliphatic heterocycles. The van der Waals surface area contributed by atoms with Crippen molar-refractivity contribution in [3.05, 3.63) is 28.5 Å². The Balaban J connectivity index is 2.05. The van der Waals surface area contributed by atoms with E-state index in [1.165, 1.54) is 37.8 Å². The molecule has 1 aliphatic carbocycles. The molecule has 1 aromatic rings. The third-order valence-corrected chi connectivity index (χ3v) is 4.15. The van der Waals surface area contributed by atoms with Gasteiger partial charge in [-0.15, -0.1) is 0 Å². The summed E-state index contributed by atoms with van der Waals surface area (Å²) in [5.41, 5.74) is 1.41. The van der Waals surface area contributed by atoms with Crippen molar-refractivity contribution in [2.45, 2.75) is 45.6 Å². The van der Waals surface area contributed by atoms with Crippen molar-refractivity contribution in [3.63, 3.8) is 0 Å². The summed E-state index contributed by atoms with van der Waals surface area (Å²) in [6.45, 7) is 4.64. The molecule has 0 spiro atoms. The molecule has 1 unspecified atom stereocenters. The number of hydrogen-bond acceptors (Lipinski definition) is 1. The fraction of sp³-hybridized carbons (Fsp3) is 0.571. The van der Waals surface area contributed by atoms with Gasteiger partial charge in [-0.3, -0.25) is 0 Å². The Bertz CT molecular complexity index is 403. The maximum Gasteiger partial charge on any atom is 0.124 e. The lowest BCUT2D eigenvalue weighted by molar-refractivity contribution is 0.229. The summed E-state index contributed by atoms with van der Waals surface area (Å²) in [6.07, 6.45) is 4.95. The molecule has 0 aromatic heterocycles. The molecule has 1 nitrogen and oxygen atoms in total. The highest BCUT2D eigenvalue weighted by Gasteiger charge is 2.27. The Morgan fingerprint density at radius 2 is 2.18 bits per heavy atom. The minimum atomic E-state index is -0.202. The van der Waals surface area contributed by atoms with Crippen LogP contribution in [0, 0.1) is 11.2 Å². The fourth-order valence-corrected chi connectivity index (χ4v) is 3.11. The molecule has 2 rings (SSSR count). The Morgan fingerprint density at radius 3 is 2.82 bits per heavy atom. The van der Waals surface area contributed by atoms with E-state index in [0.717, 1.165) is 10.2 Å². The van der Waals surface area contributed by atoms with Gasteiger partial charge in [-0.2, -0.15) is 0 Å². The van der Waals surface area contributed by atoms with Gasteiger partial charge >= 0.3 is 0 Å². The average Bonchev–Trinajstić information content (AvgIpc) is 2.21. The summed E-state index contributed by atoms with van der Waals surface area (Å²) >= 11 is 3.40. The molecule has 17 heavy (non-hydrogen) atoms. The third kappa shape index (κ3) is 3.44. The summed E-state index contributed by atoms with van der Waals surface area (Å²) in [4.78, 5) is 0. The number of rotatable bonds is 2. The lowest BCUT2D eigenvalue weighted by Gasteiger charge is -2.36. The van der Waals surface area contributed by atoms with Gasteiger partial charge in [-0.1, -0.05) is 20.3 Å². The molecule has 1 N–H and O–H groups in total. The van der Waals surface area contributed by atoms with Crippen LogP contribution in [0.5, 0.6) is 0 Å². The highest BCUT2D eigenvalue weighted by atomic mass is 79.9. The van der Waals surface area contributed by atoms with E-state index in [1.54, 1.807) is 6.07 Å². The van der Waals surface area contributed by atoms with Crippen LogP contribution in [0.3, 0.4) is 0 Å². The smallest absolute Gasteiger partial charge is 0.124 e. The Hall–Kier alpha value is -0.570. The Morgan fingerprint density at radius 1 is 1.41 bits per heavy atom. The standard InChI is InChI=1S/C14H19BrFN/c1-14(2)7-3-4-11(9-14)17-13-6-5-10(16)8-12(13)15/h5-6,8,11,17H,3-4,7,9H2,1-2H3. The SMILES string of the molecule is CC1(C)CCCC(Nc2ccc(F)cc2Br)C1. The monoisotopic (exact) mass is 299 g/mol. The largest absolute Gasteiger partial charge is 0.381 e. The van der Waals surface area contributed by atoms with Gasteiger partial charge in [0.1, 0.15) is 5.82 Å². The van der Waals surface area contributed by atoms with Crippen LogP contribution in [-0.4, -0.2) is 6.04 Å². The highest BCUT2D eigenvalue weighted by Crippen LogP contribution is 2.37. The van der Waals surface area contributed by atoms with Crippen molar-refractivity contribution >= 4 is 21.6 Å². The van der Waals surface area contributed by atoms with Crippen molar-refractivity contribution in [2.24, 2.45) is 5.41 Å². The van der Waals surface area contributed by atoms with E-state index in [1.807, 2.05) is 0 Å². The van der Waals surface area contributed by atoms with Gasteiger partial charge in [-0.25, -0.2) is 4.39 Å². The molecular weight excluding hydrogens is 281 g/mol. The molecule has 0 bridgehead atoms. The predicted molar refractivity (Wildman–Crippen MR) is 73.8 cm³/mol. The van der Waals surface area contributed by atoms with E-state index < -0.39 is 0 Å². The topological polar surface area (TPSA) is 12.0 Å². The van der Waals surface area contributed by atoms with E-state index in [-0.39, 0.29) is 5.82 Å². The molecule has 1 saturated carbocycles. The maximum atomic E-state index is 13.0. The minimum absolute atomic E-state index is 0.202. The first-order valence-corrected chi connectivity index (χ1v) is 6.97. The Kier molecular flexibility index (Phi) is 3.76. The molecule has 94 valence electrons. The zero-order chi connectivity index (χ0) is 12.5. The van der Waals surface area contributed by atoms with Crippen LogP contribution in [0.15, 0.2) is 22.7 Å². The first-order chi connectivity index (χ1) is 7.96. The second-order valence-electron chi connectivity index (χ2n) is 5.73. The molecule has 0 amide bonds. The maximum absolute atomic E-state index is 13.0. The van der Waals surface area contributed by atoms with Crippen LogP contribution in [0.1, 0.15) is 39.5 Å². The Labute approximate surface area is 111 Å². The summed E-state index contributed by atoms with van der Waals surface area (Å²) in [7, 11) is 0. The van der Waals surface area contributed by atoms with Crippen LogP contribution in [0.2, 0.25) is 0 Å². The highest BCUT2D eigenvalue weighted by molar-refractivity contribution is 9.10.